The van der Waals surface area contributed by atoms with Crippen LogP contribution in [0, 0.1) is 0 Å². The van der Waals surface area contributed by atoms with Gasteiger partial charge in [-0.2, -0.15) is 0 Å². The predicted molar refractivity (Wildman–Crippen MR) is 75.1 cm³/mol. The summed E-state index contributed by atoms with van der Waals surface area (Å²) in [7, 11) is -1.11. The van der Waals surface area contributed by atoms with Gasteiger partial charge in [0.1, 0.15) is 0 Å². The zero-order valence-electron chi connectivity index (χ0n) is 9.89. The number of rotatable bonds is 2. The zero-order valence-corrected chi connectivity index (χ0v) is 12.5. The molecule has 4 heteroatoms. The van der Waals surface area contributed by atoms with E-state index in [9.17, 15) is 0 Å². The normalized spacial score (nSPS) is 27.2. The fraction of sp³-hybridized carbons (Fsp3) is 0.636. The Hall–Kier alpha value is 0.227. The summed E-state index contributed by atoms with van der Waals surface area (Å²) in [5.74, 6) is 1.23. The summed E-state index contributed by atoms with van der Waals surface area (Å²) in [6, 6.07) is 4.67. The second kappa shape index (κ2) is 3.91. The lowest BCUT2D eigenvalue weighted by molar-refractivity contribution is 0.584. The molecule has 0 radical (unpaired) electrons. The first-order chi connectivity index (χ1) is 6.92. The van der Waals surface area contributed by atoms with Crippen LogP contribution in [0.15, 0.2) is 12.1 Å². The fourth-order valence-electron chi connectivity index (χ4n) is 1.75. The standard InChI is InChI=1S/C11H19NS2Si/c1-11(12-7-8-13-11)9-5-6-10(14-9)15(2,3)4/h5-6,12H,7-8H2,1-4H3. The Balaban J connectivity index is 2.27. The maximum Gasteiger partial charge on any atom is 0.0966 e. The van der Waals surface area contributed by atoms with Gasteiger partial charge in [0.25, 0.3) is 0 Å². The summed E-state index contributed by atoms with van der Waals surface area (Å²) in [5, 5.41) is 3.60. The smallest absolute Gasteiger partial charge is 0.0966 e. The molecule has 1 unspecified atom stereocenters. The van der Waals surface area contributed by atoms with Crippen LogP contribution in [0.1, 0.15) is 11.8 Å². The molecule has 0 spiro atoms. The molecule has 2 heterocycles. The Morgan fingerprint density at radius 2 is 2.07 bits per heavy atom. The van der Waals surface area contributed by atoms with Gasteiger partial charge < -0.3 is 0 Å². The van der Waals surface area contributed by atoms with E-state index in [0.717, 1.165) is 6.54 Å². The minimum atomic E-state index is -1.11. The molecule has 1 N–H and O–H groups in total. The molecule has 1 aliphatic rings. The third kappa shape index (κ3) is 2.33. The summed E-state index contributed by atoms with van der Waals surface area (Å²) in [6.07, 6.45) is 0. The van der Waals surface area contributed by atoms with E-state index >= 15 is 0 Å². The summed E-state index contributed by atoms with van der Waals surface area (Å²) >= 11 is 4.05. The van der Waals surface area contributed by atoms with Crippen LogP contribution >= 0.6 is 23.1 Å². The molecule has 0 amide bonds. The van der Waals surface area contributed by atoms with Gasteiger partial charge in [-0.1, -0.05) is 25.7 Å². The summed E-state index contributed by atoms with van der Waals surface area (Å²) in [5.41, 5.74) is 0. The number of thiophene rings is 1. The number of thioether (sulfide) groups is 1. The van der Waals surface area contributed by atoms with Crippen molar-refractivity contribution in [2.45, 2.75) is 31.4 Å². The Labute approximate surface area is 102 Å². The second-order valence-corrected chi connectivity index (χ2v) is 13.2. The third-order valence-electron chi connectivity index (χ3n) is 2.77. The molecule has 0 saturated carbocycles. The van der Waals surface area contributed by atoms with Crippen molar-refractivity contribution < 1.29 is 0 Å². The molecule has 0 aromatic carbocycles. The van der Waals surface area contributed by atoms with Gasteiger partial charge in [-0.05, 0) is 17.5 Å². The largest absolute Gasteiger partial charge is 0.298 e. The van der Waals surface area contributed by atoms with Crippen LogP contribution in [-0.4, -0.2) is 20.4 Å². The highest BCUT2D eigenvalue weighted by atomic mass is 32.2. The van der Waals surface area contributed by atoms with E-state index < -0.39 is 8.07 Å². The monoisotopic (exact) mass is 257 g/mol. The van der Waals surface area contributed by atoms with Gasteiger partial charge in [-0.3, -0.25) is 5.32 Å². The van der Waals surface area contributed by atoms with Crippen LogP contribution < -0.4 is 9.82 Å². The second-order valence-electron chi connectivity index (χ2n) is 5.22. The van der Waals surface area contributed by atoms with Gasteiger partial charge in [0.15, 0.2) is 0 Å². The topological polar surface area (TPSA) is 12.0 Å². The van der Waals surface area contributed by atoms with Crippen molar-refractivity contribution >= 4 is 35.7 Å². The van der Waals surface area contributed by atoms with E-state index in [1.165, 1.54) is 10.6 Å². The highest BCUT2D eigenvalue weighted by Gasteiger charge is 2.33. The molecule has 0 bridgehead atoms. The Morgan fingerprint density at radius 1 is 1.33 bits per heavy atom. The molecule has 84 valence electrons. The van der Waals surface area contributed by atoms with Gasteiger partial charge in [0.2, 0.25) is 0 Å². The first-order valence-electron chi connectivity index (χ1n) is 5.42. The van der Waals surface area contributed by atoms with Crippen molar-refractivity contribution in [3.05, 3.63) is 17.0 Å². The highest BCUT2D eigenvalue weighted by Crippen LogP contribution is 2.39. The van der Waals surface area contributed by atoms with E-state index in [1.807, 2.05) is 23.1 Å². The van der Waals surface area contributed by atoms with Crippen molar-refractivity contribution in [2.75, 3.05) is 12.3 Å². The lowest BCUT2D eigenvalue weighted by Crippen LogP contribution is -2.35. The van der Waals surface area contributed by atoms with Crippen molar-refractivity contribution in [3.63, 3.8) is 0 Å². The van der Waals surface area contributed by atoms with Gasteiger partial charge in [-0.25, -0.2) is 0 Å². The molecule has 15 heavy (non-hydrogen) atoms. The molecule has 1 aromatic heterocycles. The number of hydrogen-bond donors (Lipinski definition) is 1. The van der Waals surface area contributed by atoms with Crippen LogP contribution in [-0.2, 0) is 4.87 Å². The average molecular weight is 258 g/mol. The van der Waals surface area contributed by atoms with Crippen molar-refractivity contribution in [3.8, 4) is 0 Å². The van der Waals surface area contributed by atoms with E-state index in [4.69, 9.17) is 0 Å². The van der Waals surface area contributed by atoms with Gasteiger partial charge in [0.05, 0.1) is 12.9 Å². The van der Waals surface area contributed by atoms with E-state index in [2.05, 4.69) is 44.0 Å². The zero-order chi connectivity index (χ0) is 11.1. The summed E-state index contributed by atoms with van der Waals surface area (Å²) in [6.45, 7) is 10.7. The molecule has 1 atom stereocenters. The van der Waals surface area contributed by atoms with Crippen LogP contribution in [0.3, 0.4) is 0 Å². The quantitative estimate of drug-likeness (QED) is 0.818. The van der Waals surface area contributed by atoms with E-state index in [0.29, 0.717) is 0 Å². The van der Waals surface area contributed by atoms with E-state index in [1.54, 1.807) is 4.50 Å². The van der Waals surface area contributed by atoms with Gasteiger partial charge >= 0.3 is 0 Å². The Morgan fingerprint density at radius 3 is 2.53 bits per heavy atom. The number of hydrogen-bond acceptors (Lipinski definition) is 3. The first kappa shape index (κ1) is 11.7. The lowest BCUT2D eigenvalue weighted by atomic mass is 10.2. The predicted octanol–water partition coefficient (Wildman–Crippen LogP) is 2.80. The van der Waals surface area contributed by atoms with Crippen molar-refractivity contribution in [2.24, 2.45) is 0 Å². The fourth-order valence-corrected chi connectivity index (χ4v) is 5.99. The molecule has 1 aromatic rings. The van der Waals surface area contributed by atoms with Crippen LogP contribution in [0.5, 0.6) is 0 Å². The molecule has 1 nitrogen and oxygen atoms in total. The van der Waals surface area contributed by atoms with E-state index in [-0.39, 0.29) is 4.87 Å². The number of nitrogens with one attached hydrogen (secondary N) is 1. The Bertz CT molecular complexity index is 348. The van der Waals surface area contributed by atoms with Crippen LogP contribution in [0.25, 0.3) is 0 Å². The lowest BCUT2D eigenvalue weighted by Gasteiger charge is -2.22. The van der Waals surface area contributed by atoms with Crippen LogP contribution in [0.4, 0.5) is 0 Å². The minimum absolute atomic E-state index is 0.183. The summed E-state index contributed by atoms with van der Waals surface area (Å²) in [4.78, 5) is 1.69. The highest BCUT2D eigenvalue weighted by molar-refractivity contribution is 8.00. The minimum Gasteiger partial charge on any atom is -0.298 e. The van der Waals surface area contributed by atoms with Gasteiger partial charge in [0, 0.05) is 17.2 Å². The molecule has 1 aliphatic heterocycles. The van der Waals surface area contributed by atoms with Crippen molar-refractivity contribution in [1.29, 1.82) is 0 Å². The van der Waals surface area contributed by atoms with Crippen LogP contribution in [0.2, 0.25) is 19.6 Å². The van der Waals surface area contributed by atoms with Gasteiger partial charge in [-0.15, -0.1) is 23.1 Å². The maximum absolute atomic E-state index is 3.60. The maximum atomic E-state index is 3.60. The average Bonchev–Trinajstić information content (AvgIpc) is 2.69. The molecule has 1 saturated heterocycles. The molecular formula is C11H19NS2Si. The molecule has 1 fully saturated rings. The molecule has 0 aliphatic carbocycles. The molecular weight excluding hydrogens is 238 g/mol. The molecule has 2 rings (SSSR count). The van der Waals surface area contributed by atoms with Crippen molar-refractivity contribution in [1.82, 2.24) is 5.32 Å². The SMILES string of the molecule is CC1(c2ccc([Si](C)(C)C)s2)NCCS1. The first-order valence-corrected chi connectivity index (χ1v) is 10.7. The Kier molecular flexibility index (Phi) is 3.05. The third-order valence-corrected chi connectivity index (χ3v) is 9.16. The summed E-state index contributed by atoms with van der Waals surface area (Å²) < 4.78 is 1.62.